The second kappa shape index (κ2) is 36.1. The van der Waals surface area contributed by atoms with Crippen LogP contribution in [0.3, 0.4) is 0 Å². The van der Waals surface area contributed by atoms with Gasteiger partial charge in [-0.05, 0) is 56.9 Å². The smallest absolute Gasteiger partial charge is 0.462 e. The third-order valence-corrected chi connectivity index (χ3v) is 13.6. The van der Waals surface area contributed by atoms with E-state index in [-0.39, 0.29) is 25.1 Å². The number of carbonyl (C=O) groups excluding carboxylic acids is 2. The summed E-state index contributed by atoms with van der Waals surface area (Å²) in [6.07, 6.45) is 30.5. The summed E-state index contributed by atoms with van der Waals surface area (Å²) in [5, 5.41) is 31.3. The second-order valence-corrected chi connectivity index (χ2v) is 20.1. The molecule has 70 heavy (non-hydrogen) atoms. The van der Waals surface area contributed by atoms with Crippen molar-refractivity contribution >= 4 is 33.4 Å². The Hall–Kier alpha value is -3.84. The molecule has 2 rings (SSSR count). The van der Waals surface area contributed by atoms with Crippen LogP contribution < -0.4 is 11.4 Å². The van der Waals surface area contributed by atoms with Crippen LogP contribution in [0.2, 0.25) is 0 Å². The number of anilines is 1. The lowest BCUT2D eigenvalue weighted by molar-refractivity contribution is -0.161. The molecule has 0 aromatic carbocycles. The number of phosphoric ester groups is 2. The Labute approximate surface area is 413 Å². The van der Waals surface area contributed by atoms with Crippen LogP contribution in [-0.4, -0.2) is 96.9 Å². The number of phosphoric acid groups is 2. The zero-order valence-corrected chi connectivity index (χ0v) is 42.9. The van der Waals surface area contributed by atoms with Gasteiger partial charge in [0.25, 0.3) is 0 Å². The van der Waals surface area contributed by atoms with Gasteiger partial charge in [-0.25, -0.2) is 13.9 Å². The predicted octanol–water partition coefficient (Wildman–Crippen LogP) is 8.55. The molecular formula is C49H79N3O16P2. The normalized spacial score (nSPS) is 20.8. The van der Waals surface area contributed by atoms with Gasteiger partial charge in [0.1, 0.15) is 30.7 Å². The third kappa shape index (κ3) is 28.9. The van der Waals surface area contributed by atoms with Crippen LogP contribution in [0.4, 0.5) is 5.82 Å². The van der Waals surface area contributed by atoms with Gasteiger partial charge in [-0.1, -0.05) is 151 Å². The summed E-state index contributed by atoms with van der Waals surface area (Å²) in [6, 6.07) is 1.23. The first-order chi connectivity index (χ1) is 33.5. The van der Waals surface area contributed by atoms with E-state index < -0.39 is 89.8 Å². The number of unbranched alkanes of at least 4 members (excludes halogenated alkanes) is 7. The molecule has 7 N–H and O–H groups in total. The van der Waals surface area contributed by atoms with Crippen molar-refractivity contribution in [3.63, 3.8) is 0 Å². The van der Waals surface area contributed by atoms with Crippen molar-refractivity contribution in [3.8, 4) is 0 Å². The Kier molecular flexibility index (Phi) is 32.1. The fourth-order valence-electron chi connectivity index (χ4n) is 6.75. The molecule has 2 heterocycles. The number of nitrogens with two attached hydrogens (primary N) is 1. The van der Waals surface area contributed by atoms with E-state index in [1.165, 1.54) is 37.8 Å². The van der Waals surface area contributed by atoms with Crippen molar-refractivity contribution in [1.82, 2.24) is 9.55 Å². The van der Waals surface area contributed by atoms with Crippen LogP contribution >= 0.6 is 15.6 Å². The van der Waals surface area contributed by atoms with E-state index in [2.05, 4.69) is 72.6 Å². The number of hydrogen-bond acceptors (Lipinski definition) is 16. The van der Waals surface area contributed by atoms with Gasteiger partial charge in [-0.15, -0.1) is 0 Å². The zero-order valence-electron chi connectivity index (χ0n) is 41.1. The van der Waals surface area contributed by atoms with E-state index in [1.807, 2.05) is 12.2 Å². The number of allylic oxidation sites excluding steroid dienone is 11. The summed E-state index contributed by atoms with van der Waals surface area (Å²) >= 11 is 0. The number of aromatic nitrogens is 2. The molecular weight excluding hydrogens is 948 g/mol. The monoisotopic (exact) mass is 1030 g/mol. The molecule has 4 unspecified atom stereocenters. The summed E-state index contributed by atoms with van der Waals surface area (Å²) in [4.78, 5) is 61.8. The van der Waals surface area contributed by atoms with Crippen LogP contribution in [-0.2, 0) is 46.3 Å². The quantitative estimate of drug-likeness (QED) is 0.0119. The maximum absolute atomic E-state index is 12.8. The lowest BCUT2D eigenvalue weighted by atomic mass is 9.99. The van der Waals surface area contributed by atoms with E-state index >= 15 is 0 Å². The Morgan fingerprint density at radius 3 is 1.99 bits per heavy atom. The second-order valence-electron chi connectivity index (χ2n) is 17.0. The fraction of sp³-hybridized carbons (Fsp3) is 0.633. The SMILES string of the molecule is CC/C=C\C/C=C\C/C=C\C/C=C\C/C=C\C=C/C(O)CCC(=O)OC[C@H](COP(=O)(O)OP(=O)(O)OC[C@H]1O[C@@H](n2ccc(N)nc2=O)[C@H](O)[C@@H]1O)OC(=O)CCCCCCCCCCC(C)CC. The van der Waals surface area contributed by atoms with Crippen molar-refractivity contribution in [2.75, 3.05) is 25.6 Å². The molecule has 19 nitrogen and oxygen atoms in total. The molecule has 0 spiro atoms. The number of nitrogen functional groups attached to an aromatic ring is 1. The van der Waals surface area contributed by atoms with E-state index in [0.29, 0.717) is 12.8 Å². The molecule has 9 atom stereocenters. The molecule has 1 aliphatic heterocycles. The lowest BCUT2D eigenvalue weighted by Crippen LogP contribution is -2.36. The average Bonchev–Trinajstić information content (AvgIpc) is 3.59. The summed E-state index contributed by atoms with van der Waals surface area (Å²) in [6.45, 7) is 4.05. The van der Waals surface area contributed by atoms with Crippen molar-refractivity contribution in [2.24, 2.45) is 5.92 Å². The number of rotatable bonds is 38. The van der Waals surface area contributed by atoms with Crippen molar-refractivity contribution < 1.29 is 71.4 Å². The molecule has 21 heteroatoms. The predicted molar refractivity (Wildman–Crippen MR) is 267 cm³/mol. The minimum absolute atomic E-state index is 0.00312. The highest BCUT2D eigenvalue weighted by Crippen LogP contribution is 2.60. The van der Waals surface area contributed by atoms with Crippen LogP contribution in [0.1, 0.15) is 143 Å². The standard InChI is InChI=1S/C49H79N3O16P2/c1-4-6-7-8-9-10-11-12-13-14-15-16-17-21-24-27-30-40(53)32-33-44(54)63-36-41(66-45(55)31-28-25-22-19-18-20-23-26-29-39(3)5-2)37-64-69(59,60)68-70(61,62)65-38-42-46(56)47(57)48(67-42)52-35-34-43(50)51-49(52)58/h6-7,9-10,12-13,15-16,21,24,27,30,34-35,39-42,46-48,53,56-57H,4-5,8,11,14,17-20,22-23,25-26,28-29,31-33,36-38H2,1-3H3,(H,59,60)(H,61,62)(H2,50,51,58)/b7-6-,10-9-,13-12-,16-15-,24-21-,30-27-/t39?,40?,41-,42-,46-,47-,48-/m1/s1. The number of esters is 2. The van der Waals surface area contributed by atoms with Crippen LogP contribution in [0.25, 0.3) is 0 Å². The molecule has 1 fully saturated rings. The molecule has 0 bridgehead atoms. The van der Waals surface area contributed by atoms with Gasteiger partial charge in [0.05, 0.1) is 19.3 Å². The van der Waals surface area contributed by atoms with Crippen LogP contribution in [0.15, 0.2) is 90.0 Å². The number of nitrogens with zero attached hydrogens (tertiary/aromatic N) is 2. The fourth-order valence-corrected chi connectivity index (χ4v) is 8.86. The van der Waals surface area contributed by atoms with Gasteiger partial charge >= 0.3 is 33.3 Å². The summed E-state index contributed by atoms with van der Waals surface area (Å²) < 4.78 is 56.5. The first-order valence-electron chi connectivity index (χ1n) is 24.5. The number of aliphatic hydroxyl groups excluding tert-OH is 3. The highest BCUT2D eigenvalue weighted by molar-refractivity contribution is 7.61. The molecule has 0 amide bonds. The zero-order chi connectivity index (χ0) is 51.6. The highest BCUT2D eigenvalue weighted by Gasteiger charge is 2.46. The Balaban J connectivity index is 1.87. The molecule has 1 aliphatic rings. The first-order valence-corrected chi connectivity index (χ1v) is 27.4. The molecule has 0 saturated carbocycles. The van der Waals surface area contributed by atoms with Gasteiger partial charge in [-0.2, -0.15) is 9.29 Å². The first kappa shape index (κ1) is 62.3. The van der Waals surface area contributed by atoms with E-state index in [0.717, 1.165) is 74.5 Å². The van der Waals surface area contributed by atoms with Gasteiger partial charge in [0.2, 0.25) is 0 Å². The van der Waals surface area contributed by atoms with E-state index in [4.69, 9.17) is 29.0 Å². The van der Waals surface area contributed by atoms with E-state index in [1.54, 1.807) is 12.2 Å². The molecule has 1 saturated heterocycles. The van der Waals surface area contributed by atoms with Gasteiger partial charge in [0.15, 0.2) is 12.3 Å². The van der Waals surface area contributed by atoms with Crippen molar-refractivity contribution in [3.05, 3.63) is 95.7 Å². The minimum atomic E-state index is -5.47. The maximum atomic E-state index is 12.8. The number of carbonyl (C=O) groups is 2. The van der Waals surface area contributed by atoms with Gasteiger partial charge in [0, 0.05) is 19.0 Å². The topological polar surface area (TPSA) is 286 Å². The van der Waals surface area contributed by atoms with Crippen LogP contribution in [0, 0.1) is 5.92 Å². The number of hydrogen-bond donors (Lipinski definition) is 6. The molecule has 396 valence electrons. The third-order valence-electron chi connectivity index (χ3n) is 11.0. The van der Waals surface area contributed by atoms with Crippen molar-refractivity contribution in [1.29, 1.82) is 0 Å². The number of aliphatic hydroxyl groups is 3. The van der Waals surface area contributed by atoms with E-state index in [9.17, 15) is 48.6 Å². The summed E-state index contributed by atoms with van der Waals surface area (Å²) in [5.41, 5.74) is 4.56. The van der Waals surface area contributed by atoms with Gasteiger partial charge in [-0.3, -0.25) is 23.2 Å². The minimum Gasteiger partial charge on any atom is -0.462 e. The molecule has 1 aromatic heterocycles. The van der Waals surface area contributed by atoms with Crippen LogP contribution in [0.5, 0.6) is 0 Å². The molecule has 0 radical (unpaired) electrons. The van der Waals surface area contributed by atoms with Gasteiger partial charge < -0.3 is 45.1 Å². The lowest BCUT2D eigenvalue weighted by Gasteiger charge is -2.21. The average molecular weight is 1030 g/mol. The van der Waals surface area contributed by atoms with Crippen molar-refractivity contribution in [2.45, 2.75) is 173 Å². The summed E-state index contributed by atoms with van der Waals surface area (Å²) in [5.74, 6) is -0.852. The molecule has 0 aliphatic carbocycles. The maximum Gasteiger partial charge on any atom is 0.481 e. The highest BCUT2D eigenvalue weighted by atomic mass is 31.3. The molecule has 1 aromatic rings. The Morgan fingerprint density at radius 2 is 1.37 bits per heavy atom. The Morgan fingerprint density at radius 1 is 0.786 bits per heavy atom. The number of ether oxygens (including phenoxy) is 3. The Bertz CT molecular complexity index is 1990. The summed E-state index contributed by atoms with van der Waals surface area (Å²) in [7, 11) is -10.9. The largest absolute Gasteiger partial charge is 0.481 e.